The van der Waals surface area contributed by atoms with Gasteiger partial charge in [0.1, 0.15) is 5.75 Å². The van der Waals surface area contributed by atoms with Crippen LogP contribution >= 0.6 is 0 Å². The van der Waals surface area contributed by atoms with Crippen molar-refractivity contribution in [1.29, 1.82) is 0 Å². The molecule has 0 bridgehead atoms. The Kier molecular flexibility index (Phi) is 5.67. The van der Waals surface area contributed by atoms with Crippen molar-refractivity contribution in [3.63, 3.8) is 0 Å². The number of benzene rings is 1. The van der Waals surface area contributed by atoms with Gasteiger partial charge in [0, 0.05) is 25.2 Å². The summed E-state index contributed by atoms with van der Waals surface area (Å²) in [6, 6.07) is 8.45. The molecule has 0 aromatic heterocycles. The van der Waals surface area contributed by atoms with Gasteiger partial charge in [0.15, 0.2) is 0 Å². The molecule has 1 aromatic carbocycles. The highest BCUT2D eigenvalue weighted by molar-refractivity contribution is 5.33. The van der Waals surface area contributed by atoms with Crippen LogP contribution in [-0.4, -0.2) is 37.2 Å². The lowest BCUT2D eigenvalue weighted by molar-refractivity contribution is 0.209. The minimum Gasteiger partial charge on any atom is -0.490 e. The smallest absolute Gasteiger partial charge is 0.124 e. The number of hydrogen-bond acceptors (Lipinski definition) is 3. The average molecular weight is 262 g/mol. The quantitative estimate of drug-likeness (QED) is 0.883. The Balaban J connectivity index is 2.01. The highest BCUT2D eigenvalue weighted by Crippen LogP contribution is 2.22. The largest absolute Gasteiger partial charge is 0.490 e. The predicted molar refractivity (Wildman–Crippen MR) is 79.6 cm³/mol. The second-order valence-electron chi connectivity index (χ2n) is 5.32. The van der Waals surface area contributed by atoms with Crippen LogP contribution in [0.15, 0.2) is 24.3 Å². The van der Waals surface area contributed by atoms with Crippen LogP contribution in [0, 0.1) is 0 Å². The summed E-state index contributed by atoms with van der Waals surface area (Å²) in [7, 11) is 0. The third-order valence-electron chi connectivity index (χ3n) is 3.70. The number of para-hydroxylation sites is 1. The number of nitrogens with one attached hydrogen (secondary N) is 1. The van der Waals surface area contributed by atoms with Crippen molar-refractivity contribution < 1.29 is 4.74 Å². The summed E-state index contributed by atoms with van der Waals surface area (Å²) in [6.07, 6.45) is 2.56. The summed E-state index contributed by atoms with van der Waals surface area (Å²) in [6.45, 7) is 9.81. The molecule has 1 saturated heterocycles. The van der Waals surface area contributed by atoms with Gasteiger partial charge in [-0.05, 0) is 38.9 Å². The average Bonchev–Trinajstić information content (AvgIpc) is 2.69. The zero-order valence-corrected chi connectivity index (χ0v) is 12.2. The van der Waals surface area contributed by atoms with E-state index in [1.807, 2.05) is 0 Å². The second-order valence-corrected chi connectivity index (χ2v) is 5.32. The Bertz CT molecular complexity index is 373. The van der Waals surface area contributed by atoms with Gasteiger partial charge in [-0.15, -0.1) is 0 Å². The first-order valence-electron chi connectivity index (χ1n) is 7.47. The van der Waals surface area contributed by atoms with Crippen molar-refractivity contribution in [2.24, 2.45) is 0 Å². The molecule has 1 aliphatic heterocycles. The lowest BCUT2D eigenvalue weighted by Crippen LogP contribution is -2.28. The molecule has 106 valence electrons. The highest BCUT2D eigenvalue weighted by Gasteiger charge is 2.12. The van der Waals surface area contributed by atoms with Crippen molar-refractivity contribution in [1.82, 2.24) is 10.2 Å². The molecule has 1 aliphatic rings. The SMILES string of the molecule is CCC(C)Oc1ccccc1CN1CCCNCC1. The van der Waals surface area contributed by atoms with Crippen molar-refractivity contribution in [3.8, 4) is 5.75 Å². The summed E-state index contributed by atoms with van der Waals surface area (Å²) < 4.78 is 6.03. The standard InChI is InChI=1S/C16H26N2O/c1-3-14(2)19-16-8-5-4-7-15(16)13-18-11-6-9-17-10-12-18/h4-5,7-8,14,17H,3,6,9-13H2,1-2H3. The molecule has 3 heteroatoms. The van der Waals surface area contributed by atoms with E-state index in [1.54, 1.807) is 0 Å². The number of hydrogen-bond donors (Lipinski definition) is 1. The molecule has 0 saturated carbocycles. The van der Waals surface area contributed by atoms with Crippen LogP contribution in [0.25, 0.3) is 0 Å². The molecule has 2 rings (SSSR count). The molecule has 0 amide bonds. The topological polar surface area (TPSA) is 24.5 Å². The molecule has 1 N–H and O–H groups in total. The van der Waals surface area contributed by atoms with E-state index in [-0.39, 0.29) is 6.10 Å². The number of nitrogens with zero attached hydrogens (tertiary/aromatic N) is 1. The molecule has 1 aromatic rings. The maximum atomic E-state index is 6.03. The zero-order chi connectivity index (χ0) is 13.5. The van der Waals surface area contributed by atoms with Gasteiger partial charge in [-0.25, -0.2) is 0 Å². The third-order valence-corrected chi connectivity index (χ3v) is 3.70. The van der Waals surface area contributed by atoms with Crippen LogP contribution in [0.2, 0.25) is 0 Å². The van der Waals surface area contributed by atoms with Gasteiger partial charge in [-0.3, -0.25) is 4.90 Å². The van der Waals surface area contributed by atoms with Crippen molar-refractivity contribution in [3.05, 3.63) is 29.8 Å². The van der Waals surface area contributed by atoms with Gasteiger partial charge in [0.05, 0.1) is 6.10 Å². The Morgan fingerprint density at radius 2 is 2.11 bits per heavy atom. The molecule has 1 fully saturated rings. The van der Waals surface area contributed by atoms with E-state index < -0.39 is 0 Å². The fraction of sp³-hybridized carbons (Fsp3) is 0.625. The second kappa shape index (κ2) is 7.51. The highest BCUT2D eigenvalue weighted by atomic mass is 16.5. The van der Waals surface area contributed by atoms with E-state index in [1.165, 1.54) is 18.5 Å². The Morgan fingerprint density at radius 1 is 1.26 bits per heavy atom. The lowest BCUT2D eigenvalue weighted by atomic mass is 10.1. The van der Waals surface area contributed by atoms with Gasteiger partial charge in [-0.1, -0.05) is 25.1 Å². The first-order valence-corrected chi connectivity index (χ1v) is 7.47. The fourth-order valence-electron chi connectivity index (χ4n) is 2.35. The Hall–Kier alpha value is -1.06. The molecular weight excluding hydrogens is 236 g/mol. The first-order chi connectivity index (χ1) is 9.29. The molecule has 3 nitrogen and oxygen atoms in total. The number of rotatable bonds is 5. The summed E-state index contributed by atoms with van der Waals surface area (Å²) in [5.41, 5.74) is 1.31. The van der Waals surface area contributed by atoms with Crippen LogP contribution in [0.1, 0.15) is 32.3 Å². The van der Waals surface area contributed by atoms with Crippen LogP contribution in [0.3, 0.4) is 0 Å². The van der Waals surface area contributed by atoms with Crippen molar-refractivity contribution >= 4 is 0 Å². The molecule has 0 spiro atoms. The molecule has 0 aliphatic carbocycles. The summed E-state index contributed by atoms with van der Waals surface area (Å²) >= 11 is 0. The van der Waals surface area contributed by atoms with Crippen LogP contribution < -0.4 is 10.1 Å². The van der Waals surface area contributed by atoms with Crippen LogP contribution in [-0.2, 0) is 6.54 Å². The Labute approximate surface area is 116 Å². The summed E-state index contributed by atoms with van der Waals surface area (Å²) in [5, 5.41) is 3.45. The van der Waals surface area contributed by atoms with E-state index in [2.05, 4.69) is 48.3 Å². The minimum absolute atomic E-state index is 0.284. The van der Waals surface area contributed by atoms with Gasteiger partial charge in [-0.2, -0.15) is 0 Å². The molecule has 19 heavy (non-hydrogen) atoms. The normalized spacial score (nSPS) is 18.8. The third kappa shape index (κ3) is 4.51. The van der Waals surface area contributed by atoms with Gasteiger partial charge < -0.3 is 10.1 Å². The monoisotopic (exact) mass is 262 g/mol. The minimum atomic E-state index is 0.284. The predicted octanol–water partition coefficient (Wildman–Crippen LogP) is 2.66. The molecule has 1 heterocycles. The molecule has 0 radical (unpaired) electrons. The van der Waals surface area contributed by atoms with Crippen molar-refractivity contribution in [2.45, 2.75) is 39.3 Å². The maximum absolute atomic E-state index is 6.03. The summed E-state index contributed by atoms with van der Waals surface area (Å²) in [4.78, 5) is 2.51. The van der Waals surface area contributed by atoms with E-state index in [0.717, 1.165) is 38.3 Å². The van der Waals surface area contributed by atoms with E-state index in [4.69, 9.17) is 4.74 Å². The Morgan fingerprint density at radius 3 is 2.95 bits per heavy atom. The van der Waals surface area contributed by atoms with E-state index in [9.17, 15) is 0 Å². The molecule has 1 atom stereocenters. The van der Waals surface area contributed by atoms with E-state index >= 15 is 0 Å². The van der Waals surface area contributed by atoms with Gasteiger partial charge in [0.25, 0.3) is 0 Å². The number of ether oxygens (including phenoxy) is 1. The molecule has 1 unspecified atom stereocenters. The zero-order valence-electron chi connectivity index (χ0n) is 12.2. The van der Waals surface area contributed by atoms with Crippen molar-refractivity contribution in [2.75, 3.05) is 26.2 Å². The molecular formula is C16H26N2O. The lowest BCUT2D eigenvalue weighted by Gasteiger charge is -2.22. The first kappa shape index (κ1) is 14.4. The van der Waals surface area contributed by atoms with Gasteiger partial charge in [0.2, 0.25) is 0 Å². The maximum Gasteiger partial charge on any atom is 0.124 e. The fourth-order valence-corrected chi connectivity index (χ4v) is 2.35. The van der Waals surface area contributed by atoms with Crippen LogP contribution in [0.4, 0.5) is 0 Å². The van der Waals surface area contributed by atoms with Crippen LogP contribution in [0.5, 0.6) is 5.75 Å². The van der Waals surface area contributed by atoms with Gasteiger partial charge >= 0.3 is 0 Å². The van der Waals surface area contributed by atoms with E-state index in [0.29, 0.717) is 0 Å². The summed E-state index contributed by atoms with van der Waals surface area (Å²) in [5.74, 6) is 1.05.